The third kappa shape index (κ3) is 5.56. The van der Waals surface area contributed by atoms with Crippen molar-refractivity contribution in [3.63, 3.8) is 0 Å². The maximum absolute atomic E-state index is 5.87. The zero-order valence-corrected chi connectivity index (χ0v) is 13.8. The number of benzene rings is 1. The summed E-state index contributed by atoms with van der Waals surface area (Å²) in [5.74, 6) is 1.68. The fraction of sp³-hybridized carbons (Fsp3) is 0.588. The van der Waals surface area contributed by atoms with Crippen LogP contribution in [-0.4, -0.2) is 44.9 Å². The second-order valence-electron chi connectivity index (χ2n) is 5.71. The van der Waals surface area contributed by atoms with E-state index in [1.165, 1.54) is 5.56 Å². The Morgan fingerprint density at radius 1 is 1.36 bits per heavy atom. The van der Waals surface area contributed by atoms with Crippen LogP contribution in [0.15, 0.2) is 29.3 Å². The lowest BCUT2D eigenvalue weighted by Gasteiger charge is -2.19. The molecule has 1 fully saturated rings. The highest BCUT2D eigenvalue weighted by atomic mass is 16.5. The van der Waals surface area contributed by atoms with Gasteiger partial charge in [0.25, 0.3) is 0 Å². The average molecular weight is 305 g/mol. The summed E-state index contributed by atoms with van der Waals surface area (Å²) >= 11 is 0. The maximum atomic E-state index is 5.87. The molecule has 2 unspecified atom stereocenters. The van der Waals surface area contributed by atoms with Crippen LogP contribution in [0.5, 0.6) is 5.75 Å². The molecule has 122 valence electrons. The molecular formula is C17H27N3O2. The minimum absolute atomic E-state index is 0.0592. The van der Waals surface area contributed by atoms with Gasteiger partial charge >= 0.3 is 0 Å². The smallest absolute Gasteiger partial charge is 0.191 e. The monoisotopic (exact) mass is 305 g/mol. The van der Waals surface area contributed by atoms with Crippen molar-refractivity contribution in [3.8, 4) is 5.75 Å². The zero-order valence-electron chi connectivity index (χ0n) is 13.8. The lowest BCUT2D eigenvalue weighted by Crippen LogP contribution is -2.44. The lowest BCUT2D eigenvalue weighted by atomic mass is 10.2. The molecule has 0 spiro atoms. The summed E-state index contributed by atoms with van der Waals surface area (Å²) in [6.07, 6.45) is 2.64. The van der Waals surface area contributed by atoms with E-state index in [2.05, 4.69) is 34.7 Å². The van der Waals surface area contributed by atoms with Crippen LogP contribution in [0.4, 0.5) is 0 Å². The van der Waals surface area contributed by atoms with E-state index in [0.717, 1.165) is 37.7 Å². The summed E-state index contributed by atoms with van der Waals surface area (Å²) in [6.45, 7) is 6.48. The SMILES string of the molecule is CN=C(NCC(C)Oc1ccc(C)cc1)NCC1CCCO1. The molecule has 1 heterocycles. The summed E-state index contributed by atoms with van der Waals surface area (Å²) < 4.78 is 11.5. The zero-order chi connectivity index (χ0) is 15.8. The first-order valence-electron chi connectivity index (χ1n) is 7.97. The van der Waals surface area contributed by atoms with Crippen molar-refractivity contribution in [1.82, 2.24) is 10.6 Å². The van der Waals surface area contributed by atoms with Gasteiger partial charge in [-0.2, -0.15) is 0 Å². The quantitative estimate of drug-likeness (QED) is 0.624. The van der Waals surface area contributed by atoms with Gasteiger partial charge in [0, 0.05) is 20.2 Å². The molecular weight excluding hydrogens is 278 g/mol. The molecule has 1 saturated heterocycles. The highest BCUT2D eigenvalue weighted by molar-refractivity contribution is 5.79. The van der Waals surface area contributed by atoms with E-state index in [4.69, 9.17) is 9.47 Å². The van der Waals surface area contributed by atoms with Crippen LogP contribution < -0.4 is 15.4 Å². The molecule has 2 rings (SSSR count). The van der Waals surface area contributed by atoms with Crippen LogP contribution >= 0.6 is 0 Å². The van der Waals surface area contributed by atoms with Crippen molar-refractivity contribution >= 4 is 5.96 Å². The van der Waals surface area contributed by atoms with E-state index in [1.54, 1.807) is 7.05 Å². The normalized spacial score (nSPS) is 19.8. The molecule has 22 heavy (non-hydrogen) atoms. The van der Waals surface area contributed by atoms with E-state index in [9.17, 15) is 0 Å². The summed E-state index contributed by atoms with van der Waals surface area (Å²) in [5, 5.41) is 6.58. The molecule has 0 bridgehead atoms. The minimum Gasteiger partial charge on any atom is -0.489 e. The van der Waals surface area contributed by atoms with Crippen LogP contribution in [0.3, 0.4) is 0 Å². The molecule has 2 N–H and O–H groups in total. The average Bonchev–Trinajstić information content (AvgIpc) is 3.03. The van der Waals surface area contributed by atoms with Crippen LogP contribution in [-0.2, 0) is 4.74 Å². The third-order valence-electron chi connectivity index (χ3n) is 3.66. The predicted molar refractivity (Wildman–Crippen MR) is 89.6 cm³/mol. The molecule has 0 saturated carbocycles. The van der Waals surface area contributed by atoms with E-state index in [0.29, 0.717) is 12.6 Å². The van der Waals surface area contributed by atoms with Gasteiger partial charge in [-0.1, -0.05) is 17.7 Å². The standard InChI is InChI=1S/C17H27N3O2/c1-13-6-8-15(9-7-13)22-14(2)11-19-17(18-3)20-12-16-5-4-10-21-16/h6-9,14,16H,4-5,10-12H2,1-3H3,(H2,18,19,20). The second-order valence-corrected chi connectivity index (χ2v) is 5.71. The fourth-order valence-corrected chi connectivity index (χ4v) is 2.37. The number of nitrogens with zero attached hydrogens (tertiary/aromatic N) is 1. The van der Waals surface area contributed by atoms with E-state index in [-0.39, 0.29) is 6.10 Å². The predicted octanol–water partition coefficient (Wildman–Crippen LogP) is 2.11. The van der Waals surface area contributed by atoms with Crippen molar-refractivity contribution in [2.45, 2.75) is 38.9 Å². The molecule has 1 aliphatic rings. The molecule has 1 aromatic carbocycles. The molecule has 0 radical (unpaired) electrons. The van der Waals surface area contributed by atoms with Crippen LogP contribution in [0.25, 0.3) is 0 Å². The molecule has 1 aromatic rings. The third-order valence-corrected chi connectivity index (χ3v) is 3.66. The summed E-state index contributed by atoms with van der Waals surface area (Å²) in [6, 6.07) is 8.10. The first-order valence-corrected chi connectivity index (χ1v) is 7.97. The minimum atomic E-state index is 0.0592. The topological polar surface area (TPSA) is 54.9 Å². The number of aryl methyl sites for hydroxylation is 1. The number of ether oxygens (including phenoxy) is 2. The lowest BCUT2D eigenvalue weighted by molar-refractivity contribution is 0.113. The van der Waals surface area contributed by atoms with Gasteiger partial charge in [-0.05, 0) is 38.8 Å². The van der Waals surface area contributed by atoms with Gasteiger partial charge in [0.1, 0.15) is 11.9 Å². The Kier molecular flexibility index (Phi) is 6.52. The Bertz CT molecular complexity index is 467. The number of nitrogens with one attached hydrogen (secondary N) is 2. The van der Waals surface area contributed by atoms with E-state index >= 15 is 0 Å². The van der Waals surface area contributed by atoms with Gasteiger partial charge in [0.15, 0.2) is 5.96 Å². The first kappa shape index (κ1) is 16.6. The van der Waals surface area contributed by atoms with Crippen molar-refractivity contribution < 1.29 is 9.47 Å². The highest BCUT2D eigenvalue weighted by Gasteiger charge is 2.15. The van der Waals surface area contributed by atoms with E-state index < -0.39 is 0 Å². The highest BCUT2D eigenvalue weighted by Crippen LogP contribution is 2.13. The van der Waals surface area contributed by atoms with Crippen LogP contribution in [0.1, 0.15) is 25.3 Å². The van der Waals surface area contributed by atoms with Gasteiger partial charge in [0.05, 0.1) is 12.6 Å². The van der Waals surface area contributed by atoms with Crippen LogP contribution in [0.2, 0.25) is 0 Å². The molecule has 5 heteroatoms. The number of hydrogen-bond donors (Lipinski definition) is 2. The Labute approximate surface area is 133 Å². The van der Waals surface area contributed by atoms with Gasteiger partial charge in [-0.15, -0.1) is 0 Å². The number of rotatable bonds is 6. The molecule has 0 aliphatic carbocycles. The molecule has 0 aromatic heterocycles. The largest absolute Gasteiger partial charge is 0.489 e. The summed E-state index contributed by atoms with van der Waals surface area (Å²) in [5.41, 5.74) is 1.23. The van der Waals surface area contributed by atoms with Crippen molar-refractivity contribution in [3.05, 3.63) is 29.8 Å². The second kappa shape index (κ2) is 8.63. The molecule has 0 amide bonds. The number of hydrogen-bond acceptors (Lipinski definition) is 3. The van der Waals surface area contributed by atoms with Crippen molar-refractivity contribution in [1.29, 1.82) is 0 Å². The van der Waals surface area contributed by atoms with Crippen molar-refractivity contribution in [2.75, 3.05) is 26.7 Å². The van der Waals surface area contributed by atoms with Gasteiger partial charge in [-0.3, -0.25) is 4.99 Å². The molecule has 1 aliphatic heterocycles. The van der Waals surface area contributed by atoms with Crippen molar-refractivity contribution in [2.24, 2.45) is 4.99 Å². The maximum Gasteiger partial charge on any atom is 0.191 e. The van der Waals surface area contributed by atoms with Gasteiger partial charge in [-0.25, -0.2) is 0 Å². The number of aliphatic imine (C=N–C) groups is 1. The Hall–Kier alpha value is -1.75. The Morgan fingerprint density at radius 2 is 2.14 bits per heavy atom. The van der Waals surface area contributed by atoms with Gasteiger partial charge in [0.2, 0.25) is 0 Å². The Balaban J connectivity index is 1.69. The summed E-state index contributed by atoms with van der Waals surface area (Å²) in [4.78, 5) is 4.22. The van der Waals surface area contributed by atoms with E-state index in [1.807, 2.05) is 19.1 Å². The molecule has 2 atom stereocenters. The Morgan fingerprint density at radius 3 is 2.77 bits per heavy atom. The fourth-order valence-electron chi connectivity index (χ4n) is 2.37. The molecule has 5 nitrogen and oxygen atoms in total. The van der Waals surface area contributed by atoms with Gasteiger partial charge < -0.3 is 20.1 Å². The van der Waals surface area contributed by atoms with Crippen LogP contribution in [0, 0.1) is 6.92 Å². The summed E-state index contributed by atoms with van der Waals surface area (Å²) in [7, 11) is 1.77. The first-order chi connectivity index (χ1) is 10.7. The number of guanidine groups is 1.